The molecule has 0 saturated carbocycles. The van der Waals surface area contributed by atoms with E-state index >= 15 is 0 Å². The van der Waals surface area contributed by atoms with Gasteiger partial charge in [0.2, 0.25) is 5.95 Å². The Hall–Kier alpha value is -2.29. The van der Waals surface area contributed by atoms with Crippen LogP contribution >= 0.6 is 11.8 Å². The summed E-state index contributed by atoms with van der Waals surface area (Å²) in [7, 11) is 0. The monoisotopic (exact) mass is 312 g/mol. The Morgan fingerprint density at radius 1 is 1.43 bits per heavy atom. The topological polar surface area (TPSA) is 81.0 Å². The van der Waals surface area contributed by atoms with Gasteiger partial charge in [-0.3, -0.25) is 10.1 Å². The van der Waals surface area contributed by atoms with Crippen LogP contribution in [0.25, 0.3) is 0 Å². The standard InChI is InChI=1S/C12H10F2N4O2S/c1-2-15-12-16-6-9(18(19)20)11(17-12)21-10-4-3-7(13)5-8(10)14/h3-6H,2H2,1H3,(H,15,16,17). The first-order chi connectivity index (χ1) is 10.0. The highest BCUT2D eigenvalue weighted by Gasteiger charge is 2.20. The fourth-order valence-electron chi connectivity index (χ4n) is 1.47. The highest BCUT2D eigenvalue weighted by atomic mass is 32.2. The lowest BCUT2D eigenvalue weighted by atomic mass is 10.3. The van der Waals surface area contributed by atoms with E-state index in [2.05, 4.69) is 15.3 Å². The molecule has 0 saturated heterocycles. The molecule has 0 aliphatic rings. The second-order valence-electron chi connectivity index (χ2n) is 3.85. The van der Waals surface area contributed by atoms with Gasteiger partial charge < -0.3 is 5.32 Å². The summed E-state index contributed by atoms with van der Waals surface area (Å²) >= 11 is 0.743. The number of nitro groups is 1. The zero-order valence-electron chi connectivity index (χ0n) is 10.8. The number of nitrogens with zero attached hydrogens (tertiary/aromatic N) is 3. The quantitative estimate of drug-likeness (QED) is 0.518. The maximum atomic E-state index is 13.6. The van der Waals surface area contributed by atoms with E-state index in [4.69, 9.17) is 0 Å². The largest absolute Gasteiger partial charge is 0.354 e. The molecule has 0 atom stereocenters. The molecule has 1 heterocycles. The molecule has 1 aromatic carbocycles. The number of hydrogen-bond donors (Lipinski definition) is 1. The Labute approximate surface area is 122 Å². The lowest BCUT2D eigenvalue weighted by Crippen LogP contribution is -2.04. The van der Waals surface area contributed by atoms with Crippen molar-refractivity contribution < 1.29 is 13.7 Å². The molecule has 2 rings (SSSR count). The van der Waals surface area contributed by atoms with Crippen molar-refractivity contribution in [2.45, 2.75) is 16.8 Å². The van der Waals surface area contributed by atoms with E-state index in [0.717, 1.165) is 24.0 Å². The van der Waals surface area contributed by atoms with Crippen molar-refractivity contribution in [2.24, 2.45) is 0 Å². The third kappa shape index (κ3) is 3.63. The zero-order chi connectivity index (χ0) is 15.4. The van der Waals surface area contributed by atoms with Crippen LogP contribution in [0.4, 0.5) is 20.4 Å². The van der Waals surface area contributed by atoms with Crippen LogP contribution in [0.3, 0.4) is 0 Å². The van der Waals surface area contributed by atoms with Crippen molar-refractivity contribution in [3.63, 3.8) is 0 Å². The summed E-state index contributed by atoms with van der Waals surface area (Å²) < 4.78 is 26.5. The predicted octanol–water partition coefficient (Wildman–Crippen LogP) is 3.25. The van der Waals surface area contributed by atoms with E-state index in [1.54, 1.807) is 0 Å². The molecule has 0 aliphatic heterocycles. The third-order valence-electron chi connectivity index (χ3n) is 2.37. The van der Waals surface area contributed by atoms with Gasteiger partial charge in [0.15, 0.2) is 5.03 Å². The molecule has 0 bridgehead atoms. The summed E-state index contributed by atoms with van der Waals surface area (Å²) in [6.07, 6.45) is 1.05. The minimum Gasteiger partial charge on any atom is -0.354 e. The van der Waals surface area contributed by atoms with Gasteiger partial charge in [-0.2, -0.15) is 4.98 Å². The summed E-state index contributed by atoms with van der Waals surface area (Å²) in [6, 6.07) is 2.98. The molecule has 21 heavy (non-hydrogen) atoms. The Bertz CT molecular complexity index is 684. The molecule has 9 heteroatoms. The molecule has 0 amide bonds. The van der Waals surface area contributed by atoms with E-state index in [9.17, 15) is 18.9 Å². The molecular weight excluding hydrogens is 302 g/mol. The molecule has 0 fully saturated rings. The van der Waals surface area contributed by atoms with E-state index in [1.807, 2.05) is 6.92 Å². The molecule has 110 valence electrons. The minimum absolute atomic E-state index is 0.0172. The Balaban J connectivity index is 2.40. The molecule has 0 spiro atoms. The van der Waals surface area contributed by atoms with E-state index in [-0.39, 0.29) is 21.6 Å². The Morgan fingerprint density at radius 2 is 2.19 bits per heavy atom. The van der Waals surface area contributed by atoms with Crippen molar-refractivity contribution >= 4 is 23.4 Å². The van der Waals surface area contributed by atoms with Crippen LogP contribution in [0.15, 0.2) is 34.3 Å². The Kier molecular flexibility index (Phi) is 4.63. The van der Waals surface area contributed by atoms with E-state index in [0.29, 0.717) is 12.6 Å². The SMILES string of the molecule is CCNc1ncc([N+](=O)[O-])c(Sc2ccc(F)cc2F)n1. The van der Waals surface area contributed by atoms with Crippen LogP contribution < -0.4 is 5.32 Å². The highest BCUT2D eigenvalue weighted by molar-refractivity contribution is 7.99. The van der Waals surface area contributed by atoms with Gasteiger partial charge in [0.25, 0.3) is 0 Å². The molecular formula is C12H10F2N4O2S. The summed E-state index contributed by atoms with van der Waals surface area (Å²) in [5.41, 5.74) is -0.342. The van der Waals surface area contributed by atoms with Crippen LogP contribution in [0.1, 0.15) is 6.92 Å². The normalized spacial score (nSPS) is 10.4. The molecule has 2 aromatic rings. The molecule has 1 N–H and O–H groups in total. The lowest BCUT2D eigenvalue weighted by Gasteiger charge is -2.06. The number of benzene rings is 1. The molecule has 1 aromatic heterocycles. The van der Waals surface area contributed by atoms with Gasteiger partial charge in [-0.05, 0) is 19.1 Å². The average molecular weight is 312 g/mol. The predicted molar refractivity (Wildman–Crippen MR) is 73.3 cm³/mol. The number of nitrogens with one attached hydrogen (secondary N) is 1. The molecule has 0 aliphatic carbocycles. The number of anilines is 1. The summed E-state index contributed by atoms with van der Waals surface area (Å²) in [5.74, 6) is -1.33. The fraction of sp³-hybridized carbons (Fsp3) is 0.167. The van der Waals surface area contributed by atoms with Crippen LogP contribution in [-0.2, 0) is 0 Å². The van der Waals surface area contributed by atoms with Gasteiger partial charge in [0.05, 0.1) is 4.92 Å². The minimum atomic E-state index is -0.807. The van der Waals surface area contributed by atoms with E-state index < -0.39 is 16.6 Å². The number of rotatable bonds is 5. The first-order valence-corrected chi connectivity index (χ1v) is 6.71. The van der Waals surface area contributed by atoms with Gasteiger partial charge >= 0.3 is 5.69 Å². The van der Waals surface area contributed by atoms with Crippen LogP contribution in [-0.4, -0.2) is 21.4 Å². The zero-order valence-corrected chi connectivity index (χ0v) is 11.7. The van der Waals surface area contributed by atoms with Gasteiger partial charge in [-0.25, -0.2) is 13.8 Å². The maximum Gasteiger partial charge on any atom is 0.320 e. The summed E-state index contributed by atoms with van der Waals surface area (Å²) in [4.78, 5) is 18.1. The van der Waals surface area contributed by atoms with Crippen molar-refractivity contribution in [2.75, 3.05) is 11.9 Å². The van der Waals surface area contributed by atoms with Gasteiger partial charge in [0, 0.05) is 17.5 Å². The van der Waals surface area contributed by atoms with Gasteiger partial charge in [-0.15, -0.1) is 0 Å². The number of aromatic nitrogens is 2. The lowest BCUT2D eigenvalue weighted by molar-refractivity contribution is -0.388. The van der Waals surface area contributed by atoms with Crippen molar-refractivity contribution in [1.82, 2.24) is 9.97 Å². The van der Waals surface area contributed by atoms with Gasteiger partial charge in [0.1, 0.15) is 17.8 Å². The molecule has 6 nitrogen and oxygen atoms in total. The van der Waals surface area contributed by atoms with Crippen molar-refractivity contribution in [3.8, 4) is 0 Å². The second kappa shape index (κ2) is 6.44. The first-order valence-electron chi connectivity index (χ1n) is 5.89. The number of hydrogen-bond acceptors (Lipinski definition) is 6. The summed E-state index contributed by atoms with van der Waals surface area (Å²) in [5, 5.41) is 13.8. The first kappa shape index (κ1) is 15.1. The Morgan fingerprint density at radius 3 is 2.81 bits per heavy atom. The van der Waals surface area contributed by atoms with Crippen LogP contribution in [0, 0.1) is 21.7 Å². The van der Waals surface area contributed by atoms with E-state index in [1.165, 1.54) is 6.07 Å². The highest BCUT2D eigenvalue weighted by Crippen LogP contribution is 2.34. The van der Waals surface area contributed by atoms with Crippen molar-refractivity contribution in [1.29, 1.82) is 0 Å². The second-order valence-corrected chi connectivity index (χ2v) is 4.88. The van der Waals surface area contributed by atoms with Crippen LogP contribution in [0.5, 0.6) is 0 Å². The van der Waals surface area contributed by atoms with Gasteiger partial charge in [-0.1, -0.05) is 11.8 Å². The van der Waals surface area contributed by atoms with Crippen LogP contribution in [0.2, 0.25) is 0 Å². The third-order valence-corrected chi connectivity index (χ3v) is 3.41. The number of halogens is 2. The fourth-order valence-corrected chi connectivity index (χ4v) is 2.33. The maximum absolute atomic E-state index is 13.6. The molecule has 0 unspecified atom stereocenters. The van der Waals surface area contributed by atoms with Crippen molar-refractivity contribution in [3.05, 3.63) is 46.1 Å². The average Bonchev–Trinajstić information content (AvgIpc) is 2.42. The molecule has 0 radical (unpaired) electrons. The summed E-state index contributed by atoms with van der Waals surface area (Å²) in [6.45, 7) is 2.35. The smallest absolute Gasteiger partial charge is 0.320 e.